The number of halogens is 2. The number of allylic oxidation sites excluding steroid dienone is 1. The lowest BCUT2D eigenvalue weighted by Crippen LogP contribution is -1.83. The lowest BCUT2D eigenvalue weighted by Gasteiger charge is -2.04. The number of hydrogen-bond acceptors (Lipinski definition) is 3. The molecule has 0 aromatic carbocycles. The van der Waals surface area contributed by atoms with Crippen LogP contribution in [-0.4, -0.2) is 6.16 Å². The van der Waals surface area contributed by atoms with E-state index < -0.39 is 7.60 Å². The van der Waals surface area contributed by atoms with Crippen molar-refractivity contribution in [2.24, 2.45) is 0 Å². The summed E-state index contributed by atoms with van der Waals surface area (Å²) in [5, 5.41) is 0. The van der Waals surface area contributed by atoms with E-state index in [0.29, 0.717) is 0 Å². The van der Waals surface area contributed by atoms with Crippen molar-refractivity contribution in [2.75, 3.05) is 6.16 Å². The summed E-state index contributed by atoms with van der Waals surface area (Å²) in [6, 6.07) is 0. The molecule has 0 fully saturated rings. The van der Waals surface area contributed by atoms with Crippen LogP contribution >= 0.6 is 31.3 Å². The molecule has 0 spiro atoms. The molecule has 0 rings (SSSR count). The van der Waals surface area contributed by atoms with Gasteiger partial charge in [0, 0.05) is 0 Å². The average molecular weight is 191 g/mol. The Morgan fingerprint density at radius 1 is 1.56 bits per heavy atom. The molecule has 0 bridgehead atoms. The van der Waals surface area contributed by atoms with Crippen LogP contribution in [0.3, 0.4) is 0 Å². The molecule has 0 aromatic heterocycles. The van der Waals surface area contributed by atoms with E-state index in [4.69, 9.17) is 23.7 Å². The Morgan fingerprint density at radius 2 is 2.00 bits per heavy atom. The molecule has 0 saturated carbocycles. The molecule has 0 unspecified atom stereocenters. The van der Waals surface area contributed by atoms with Crippen molar-refractivity contribution >= 4 is 31.3 Å². The third-order valence-electron chi connectivity index (χ3n) is 0.563. The maximum atomic E-state index is 10.8. The second-order valence-corrected chi connectivity index (χ2v) is 3.91. The summed E-state index contributed by atoms with van der Waals surface area (Å²) in [7, 11) is -3.27. The van der Waals surface area contributed by atoms with E-state index in [1.807, 2.05) is 0 Å². The molecule has 3 nitrogen and oxygen atoms in total. The Morgan fingerprint density at radius 3 is 2.11 bits per heavy atom. The summed E-state index contributed by atoms with van der Waals surface area (Å²) in [6.45, 7) is 3.29. The molecule has 6 heteroatoms. The lowest BCUT2D eigenvalue weighted by molar-refractivity contribution is 0.420. The van der Waals surface area contributed by atoms with Gasteiger partial charge in [0.05, 0.1) is 29.9 Å². The fourth-order valence-corrected chi connectivity index (χ4v) is 1.27. The normalized spacial score (nSPS) is 11.3. The molecular weight excluding hydrogens is 186 g/mol. The second-order valence-electron chi connectivity index (χ2n) is 1.22. The lowest BCUT2D eigenvalue weighted by atomic mass is 10.8. The Hall–Kier alpha value is 0.470. The monoisotopic (exact) mass is 190 g/mol. The summed E-state index contributed by atoms with van der Waals surface area (Å²) in [5.74, 6) is 0. The zero-order valence-corrected chi connectivity index (χ0v) is 6.83. The molecule has 0 radical (unpaired) electrons. The smallest absolute Gasteiger partial charge is 0.257 e. The van der Waals surface area contributed by atoms with Gasteiger partial charge < -0.3 is 0 Å². The first kappa shape index (κ1) is 9.47. The van der Waals surface area contributed by atoms with Crippen LogP contribution in [0.1, 0.15) is 0 Å². The Kier molecular flexibility index (Phi) is 4.54. The first-order chi connectivity index (χ1) is 4.18. The van der Waals surface area contributed by atoms with E-state index in [2.05, 4.69) is 14.7 Å². The van der Waals surface area contributed by atoms with Gasteiger partial charge in [0.1, 0.15) is 0 Å². The van der Waals surface area contributed by atoms with Crippen LogP contribution in [-0.2, 0) is 12.7 Å². The van der Waals surface area contributed by atoms with Crippen molar-refractivity contribution in [1.29, 1.82) is 0 Å². The van der Waals surface area contributed by atoms with E-state index in [9.17, 15) is 4.57 Å². The van der Waals surface area contributed by atoms with Crippen LogP contribution in [0.15, 0.2) is 12.7 Å². The molecule has 0 aromatic rings. The molecule has 0 heterocycles. The van der Waals surface area contributed by atoms with Crippen LogP contribution in [0.5, 0.6) is 0 Å². The maximum absolute atomic E-state index is 10.8. The zero-order chi connectivity index (χ0) is 7.33. The molecule has 0 aliphatic heterocycles. The Bertz CT molecular complexity index is 129. The van der Waals surface area contributed by atoms with Crippen molar-refractivity contribution in [3.63, 3.8) is 0 Å². The SMILES string of the molecule is C=CCP(=O)(OCl)OCl. The van der Waals surface area contributed by atoms with Crippen molar-refractivity contribution in [3.05, 3.63) is 12.7 Å². The van der Waals surface area contributed by atoms with E-state index in [1.54, 1.807) is 0 Å². The van der Waals surface area contributed by atoms with Crippen molar-refractivity contribution < 1.29 is 12.7 Å². The van der Waals surface area contributed by atoms with E-state index in [1.165, 1.54) is 6.08 Å². The topological polar surface area (TPSA) is 35.5 Å². The van der Waals surface area contributed by atoms with Crippen LogP contribution < -0.4 is 0 Å². The van der Waals surface area contributed by atoms with Gasteiger partial charge in [-0.15, -0.1) is 6.58 Å². The van der Waals surface area contributed by atoms with Crippen LogP contribution in [0.2, 0.25) is 0 Å². The van der Waals surface area contributed by atoms with E-state index in [0.717, 1.165) is 0 Å². The molecule has 0 amide bonds. The molecule has 9 heavy (non-hydrogen) atoms. The first-order valence-electron chi connectivity index (χ1n) is 1.99. The summed E-state index contributed by atoms with van der Waals surface area (Å²) < 4.78 is 18.6. The fraction of sp³-hybridized carbons (Fsp3) is 0.333. The molecule has 54 valence electrons. The van der Waals surface area contributed by atoms with Crippen LogP contribution in [0, 0.1) is 0 Å². The highest BCUT2D eigenvalue weighted by atomic mass is 35.5. The molecule has 0 aliphatic rings. The van der Waals surface area contributed by atoms with E-state index in [-0.39, 0.29) is 6.16 Å². The molecule has 0 atom stereocenters. The van der Waals surface area contributed by atoms with Gasteiger partial charge in [-0.05, 0) is 0 Å². The third kappa shape index (κ3) is 3.23. The highest BCUT2D eigenvalue weighted by Crippen LogP contribution is 2.50. The number of rotatable bonds is 4. The molecule has 0 saturated heterocycles. The summed E-state index contributed by atoms with van der Waals surface area (Å²) >= 11 is 9.53. The predicted octanol–water partition coefficient (Wildman–Crippen LogP) is 2.71. The van der Waals surface area contributed by atoms with Gasteiger partial charge in [0.25, 0.3) is 0 Å². The molecular formula is C3H5Cl2O3P. The summed E-state index contributed by atoms with van der Waals surface area (Å²) in [4.78, 5) is 0. The number of hydrogen-bond donors (Lipinski definition) is 0. The van der Waals surface area contributed by atoms with Crippen molar-refractivity contribution in [1.82, 2.24) is 0 Å². The minimum Gasteiger partial charge on any atom is -0.257 e. The predicted molar refractivity (Wildman–Crippen MR) is 36.5 cm³/mol. The standard InChI is InChI=1S/C3H5Cl2O3P/c1-2-3-9(6,7-4)8-5/h2H,1,3H2. The zero-order valence-electron chi connectivity index (χ0n) is 4.42. The van der Waals surface area contributed by atoms with Gasteiger partial charge in [0.2, 0.25) is 0 Å². The summed E-state index contributed by atoms with van der Waals surface area (Å²) in [6.07, 6.45) is 1.34. The highest BCUT2D eigenvalue weighted by molar-refractivity contribution is 7.55. The third-order valence-corrected chi connectivity index (χ3v) is 2.95. The fourth-order valence-electron chi connectivity index (χ4n) is 0.225. The highest BCUT2D eigenvalue weighted by Gasteiger charge is 2.21. The van der Waals surface area contributed by atoms with Gasteiger partial charge >= 0.3 is 7.60 Å². The van der Waals surface area contributed by atoms with Crippen LogP contribution in [0.4, 0.5) is 0 Å². The molecule has 0 N–H and O–H groups in total. The van der Waals surface area contributed by atoms with E-state index >= 15 is 0 Å². The van der Waals surface area contributed by atoms with Crippen LogP contribution in [0.25, 0.3) is 0 Å². The van der Waals surface area contributed by atoms with Gasteiger partial charge in [-0.2, -0.15) is 8.15 Å². The maximum Gasteiger partial charge on any atom is 0.366 e. The largest absolute Gasteiger partial charge is 0.366 e. The van der Waals surface area contributed by atoms with Gasteiger partial charge in [0.15, 0.2) is 0 Å². The van der Waals surface area contributed by atoms with Gasteiger partial charge in [-0.1, -0.05) is 6.08 Å². The van der Waals surface area contributed by atoms with Crippen molar-refractivity contribution in [3.8, 4) is 0 Å². The quantitative estimate of drug-likeness (QED) is 0.506. The van der Waals surface area contributed by atoms with Gasteiger partial charge in [-0.3, -0.25) is 4.57 Å². The minimum atomic E-state index is -3.27. The minimum absolute atomic E-state index is 0.000000000000000222. The Balaban J connectivity index is 3.93. The Labute approximate surface area is 63.4 Å². The van der Waals surface area contributed by atoms with Crippen molar-refractivity contribution in [2.45, 2.75) is 0 Å². The van der Waals surface area contributed by atoms with Gasteiger partial charge in [-0.25, -0.2) is 0 Å². The summed E-state index contributed by atoms with van der Waals surface area (Å²) in [5.41, 5.74) is 0. The molecule has 0 aliphatic carbocycles. The second kappa shape index (κ2) is 4.31. The first-order valence-corrected chi connectivity index (χ1v) is 4.33. The average Bonchev–Trinajstić information content (AvgIpc) is 1.89.